The van der Waals surface area contributed by atoms with E-state index in [4.69, 9.17) is 4.55 Å². The van der Waals surface area contributed by atoms with Crippen LogP contribution in [0.3, 0.4) is 0 Å². The maximum Gasteiger partial charge on any atom is 0.435 e. The third-order valence-corrected chi connectivity index (χ3v) is 12.4. The molecule has 4 aliphatic carbocycles. The zero-order chi connectivity index (χ0) is 28.3. The van der Waals surface area contributed by atoms with Gasteiger partial charge >= 0.3 is 27.3 Å². The molecule has 11 heteroatoms. The summed E-state index contributed by atoms with van der Waals surface area (Å²) in [7, 11) is -6.39. The molecule has 0 aliphatic heterocycles. The zero-order valence-corrected chi connectivity index (χ0v) is 23.3. The number of aliphatic hydroxyl groups is 1. The number of alkyl halides is 4. The summed E-state index contributed by atoms with van der Waals surface area (Å²) in [5.41, 5.74) is -0.0297. The van der Waals surface area contributed by atoms with Crippen molar-refractivity contribution in [2.75, 3.05) is 6.61 Å². The lowest BCUT2D eigenvalue weighted by Gasteiger charge is -2.62. The first-order valence-corrected chi connectivity index (χ1v) is 15.5. The third-order valence-electron chi connectivity index (χ3n) is 11.4. The van der Waals surface area contributed by atoms with Gasteiger partial charge in [-0.2, -0.15) is 26.0 Å². The molecule has 6 nitrogen and oxygen atoms in total. The first-order valence-electron chi connectivity index (χ1n) is 14.0. The summed E-state index contributed by atoms with van der Waals surface area (Å²) < 4.78 is 87.9. The Hall–Kier alpha value is -0.940. The molecule has 220 valence electrons. The predicted molar refractivity (Wildman–Crippen MR) is 132 cm³/mol. The Bertz CT molecular complexity index is 1010. The molecule has 0 amide bonds. The summed E-state index contributed by atoms with van der Waals surface area (Å²) >= 11 is 0. The Labute approximate surface area is 223 Å². The van der Waals surface area contributed by atoms with Gasteiger partial charge in [0.1, 0.15) is 0 Å². The molecular formula is C27H42F4O6S. The minimum Gasteiger partial charge on any atom is -0.459 e. The fourth-order valence-corrected chi connectivity index (χ4v) is 9.72. The van der Waals surface area contributed by atoms with E-state index >= 15 is 0 Å². The van der Waals surface area contributed by atoms with Crippen LogP contribution in [0.5, 0.6) is 0 Å². The van der Waals surface area contributed by atoms with E-state index < -0.39 is 40.0 Å². The highest BCUT2D eigenvalue weighted by atomic mass is 32.2. The highest BCUT2D eigenvalue weighted by Crippen LogP contribution is 2.68. The molecule has 0 heterocycles. The Kier molecular flexibility index (Phi) is 8.03. The standard InChI is InChI=1S/C27H42F4O6S/c1-16(7-12-23(33)37-15-26(28,29)27(30,31)38(34,35)36)19-10-11-20-18-9-8-17-6-4-5-13-24(17,2)21(18)14-22(32)25(19,20)3/h16-22,32H,4-15H2,1-3H3,(H,34,35,36)/t16-,17+,18+,19-,20+,21+,22+,24+,25-/m1/s1. The third kappa shape index (κ3) is 4.80. The van der Waals surface area contributed by atoms with Crippen LogP contribution in [-0.4, -0.2) is 47.9 Å². The van der Waals surface area contributed by atoms with Crippen LogP contribution in [0.15, 0.2) is 0 Å². The van der Waals surface area contributed by atoms with E-state index in [1.165, 1.54) is 38.5 Å². The zero-order valence-electron chi connectivity index (χ0n) is 22.5. The summed E-state index contributed by atoms with van der Waals surface area (Å²) in [6.45, 7) is 4.42. The van der Waals surface area contributed by atoms with Crippen molar-refractivity contribution in [3.63, 3.8) is 0 Å². The van der Waals surface area contributed by atoms with E-state index in [2.05, 4.69) is 18.6 Å². The number of aliphatic hydroxyl groups excluding tert-OH is 1. The Morgan fingerprint density at radius 1 is 1.05 bits per heavy atom. The van der Waals surface area contributed by atoms with E-state index in [9.17, 15) is 35.9 Å². The van der Waals surface area contributed by atoms with Gasteiger partial charge in [0.15, 0.2) is 6.61 Å². The second-order valence-electron chi connectivity index (χ2n) is 13.1. The fraction of sp³-hybridized carbons (Fsp3) is 0.963. The molecule has 0 aromatic rings. The molecule has 38 heavy (non-hydrogen) atoms. The quantitative estimate of drug-likeness (QED) is 0.208. The normalized spacial score (nSPS) is 40.6. The number of hydrogen-bond acceptors (Lipinski definition) is 5. The van der Waals surface area contributed by atoms with Crippen LogP contribution in [0, 0.1) is 46.3 Å². The van der Waals surface area contributed by atoms with Crippen molar-refractivity contribution < 1.29 is 45.2 Å². The Morgan fingerprint density at radius 2 is 1.74 bits per heavy atom. The van der Waals surface area contributed by atoms with Crippen molar-refractivity contribution in [2.45, 2.75) is 109 Å². The van der Waals surface area contributed by atoms with E-state index in [1.54, 1.807) is 0 Å². The van der Waals surface area contributed by atoms with E-state index in [-0.39, 0.29) is 35.5 Å². The summed E-state index contributed by atoms with van der Waals surface area (Å²) in [5, 5.41) is 5.81. The van der Waals surface area contributed by atoms with E-state index in [0.29, 0.717) is 17.8 Å². The maximum absolute atomic E-state index is 13.7. The maximum atomic E-state index is 13.7. The molecule has 0 aromatic carbocycles. The number of rotatable bonds is 8. The topological polar surface area (TPSA) is 101 Å². The van der Waals surface area contributed by atoms with Crippen molar-refractivity contribution in [1.29, 1.82) is 0 Å². The van der Waals surface area contributed by atoms with Crippen molar-refractivity contribution in [3.05, 3.63) is 0 Å². The molecule has 0 unspecified atom stereocenters. The van der Waals surface area contributed by atoms with Crippen LogP contribution in [0.1, 0.15) is 91.4 Å². The lowest BCUT2D eigenvalue weighted by atomic mass is 9.44. The number of halogens is 4. The van der Waals surface area contributed by atoms with Gasteiger partial charge in [-0.1, -0.05) is 33.6 Å². The minimum absolute atomic E-state index is 0.0369. The van der Waals surface area contributed by atoms with Gasteiger partial charge in [-0.05, 0) is 97.7 Å². The molecule has 4 fully saturated rings. The summed E-state index contributed by atoms with van der Waals surface area (Å²) in [6.07, 6.45) is 9.69. The molecule has 0 spiro atoms. The Balaban J connectivity index is 1.37. The first kappa shape index (κ1) is 30.0. The van der Waals surface area contributed by atoms with Crippen LogP contribution in [-0.2, 0) is 19.6 Å². The SMILES string of the molecule is C[C@H](CCC(=O)OCC(F)(F)C(F)(F)S(=O)(=O)O)[C@H]1CC[C@H]2[C@@H]3CC[C@@H]4CCCC[C@]4(C)[C@H]3C[C@H](O)[C@]12C. The highest BCUT2D eigenvalue weighted by Gasteiger charge is 2.67. The monoisotopic (exact) mass is 570 g/mol. The molecule has 0 bridgehead atoms. The molecule has 0 radical (unpaired) electrons. The number of esters is 1. The van der Waals surface area contributed by atoms with E-state index in [1.807, 2.05) is 6.92 Å². The van der Waals surface area contributed by atoms with Crippen LogP contribution in [0.2, 0.25) is 0 Å². The van der Waals surface area contributed by atoms with Gasteiger partial charge in [0.05, 0.1) is 6.10 Å². The van der Waals surface area contributed by atoms with Gasteiger partial charge < -0.3 is 9.84 Å². The molecular weight excluding hydrogens is 528 g/mol. The van der Waals surface area contributed by atoms with E-state index in [0.717, 1.165) is 25.2 Å². The molecule has 4 rings (SSSR count). The van der Waals surface area contributed by atoms with Gasteiger partial charge in [0.2, 0.25) is 0 Å². The van der Waals surface area contributed by atoms with Gasteiger partial charge in [-0.25, -0.2) is 0 Å². The number of fused-ring (bicyclic) bond motifs is 5. The molecule has 4 aliphatic rings. The average molecular weight is 571 g/mol. The van der Waals surface area contributed by atoms with Crippen LogP contribution in [0.25, 0.3) is 0 Å². The smallest absolute Gasteiger partial charge is 0.435 e. The lowest BCUT2D eigenvalue weighted by molar-refractivity contribution is -0.196. The lowest BCUT2D eigenvalue weighted by Crippen LogP contribution is -2.58. The summed E-state index contributed by atoms with van der Waals surface area (Å²) in [6, 6.07) is 0. The highest BCUT2D eigenvalue weighted by molar-refractivity contribution is 7.87. The second-order valence-corrected chi connectivity index (χ2v) is 14.5. The van der Waals surface area contributed by atoms with Crippen LogP contribution < -0.4 is 0 Å². The van der Waals surface area contributed by atoms with Crippen molar-refractivity contribution in [3.8, 4) is 0 Å². The number of carbonyl (C=O) groups is 1. The van der Waals surface area contributed by atoms with Gasteiger partial charge in [-0.3, -0.25) is 9.35 Å². The summed E-state index contributed by atoms with van der Waals surface area (Å²) in [5.74, 6) is -4.13. The van der Waals surface area contributed by atoms with Crippen LogP contribution in [0.4, 0.5) is 17.6 Å². The number of ether oxygens (including phenoxy) is 1. The molecule has 2 N–H and O–H groups in total. The first-order chi connectivity index (χ1) is 17.5. The molecule has 0 aromatic heterocycles. The summed E-state index contributed by atoms with van der Waals surface area (Å²) in [4.78, 5) is 12.1. The van der Waals surface area contributed by atoms with Gasteiger partial charge in [-0.15, -0.1) is 0 Å². The van der Waals surface area contributed by atoms with Gasteiger partial charge in [0.25, 0.3) is 0 Å². The number of carbonyl (C=O) groups excluding carboxylic acids is 1. The minimum atomic E-state index is -6.39. The predicted octanol–water partition coefficient (Wildman–Crippen LogP) is 6.08. The van der Waals surface area contributed by atoms with Gasteiger partial charge in [0, 0.05) is 6.42 Å². The second kappa shape index (κ2) is 10.2. The Morgan fingerprint density at radius 3 is 2.39 bits per heavy atom. The molecule has 9 atom stereocenters. The van der Waals surface area contributed by atoms with Crippen molar-refractivity contribution in [2.24, 2.45) is 46.3 Å². The number of hydrogen-bond donors (Lipinski definition) is 2. The van der Waals surface area contributed by atoms with Crippen molar-refractivity contribution >= 4 is 16.1 Å². The van der Waals surface area contributed by atoms with Crippen LogP contribution >= 0.6 is 0 Å². The fourth-order valence-electron chi connectivity index (χ4n) is 9.28. The average Bonchev–Trinajstić information content (AvgIpc) is 3.19. The van der Waals surface area contributed by atoms with Crippen molar-refractivity contribution in [1.82, 2.24) is 0 Å². The largest absolute Gasteiger partial charge is 0.459 e. The molecule has 4 saturated carbocycles. The molecule has 0 saturated heterocycles.